The Labute approximate surface area is 132 Å². The zero-order valence-corrected chi connectivity index (χ0v) is 13.0. The maximum atomic E-state index is 9.33. The molecular formula is C19H20N2O. The van der Waals surface area contributed by atoms with E-state index in [2.05, 4.69) is 11.0 Å². The van der Waals surface area contributed by atoms with E-state index in [0.29, 0.717) is 12.2 Å². The molecule has 0 heterocycles. The summed E-state index contributed by atoms with van der Waals surface area (Å²) in [6.07, 6.45) is 1.76. The van der Waals surface area contributed by atoms with Gasteiger partial charge in [-0.05, 0) is 25.7 Å². The molecule has 0 spiro atoms. The van der Waals surface area contributed by atoms with Gasteiger partial charge in [0.25, 0.3) is 0 Å². The van der Waals surface area contributed by atoms with Gasteiger partial charge < -0.3 is 9.64 Å². The topological polar surface area (TPSA) is 36.3 Å². The van der Waals surface area contributed by atoms with Crippen LogP contribution in [0, 0.1) is 11.3 Å². The van der Waals surface area contributed by atoms with Gasteiger partial charge in [0, 0.05) is 17.7 Å². The van der Waals surface area contributed by atoms with Crippen molar-refractivity contribution in [2.75, 3.05) is 27.2 Å². The van der Waals surface area contributed by atoms with Crippen LogP contribution in [-0.4, -0.2) is 32.1 Å². The van der Waals surface area contributed by atoms with Gasteiger partial charge in [0.1, 0.15) is 0 Å². The van der Waals surface area contributed by atoms with Crippen molar-refractivity contribution in [1.29, 1.82) is 5.26 Å². The lowest BCUT2D eigenvalue weighted by atomic mass is 9.95. The highest BCUT2D eigenvalue weighted by Gasteiger charge is 2.10. The van der Waals surface area contributed by atoms with Gasteiger partial charge in [-0.3, -0.25) is 0 Å². The average molecular weight is 292 g/mol. The lowest BCUT2D eigenvalue weighted by Crippen LogP contribution is -2.17. The van der Waals surface area contributed by atoms with Gasteiger partial charge >= 0.3 is 0 Å². The van der Waals surface area contributed by atoms with Crippen molar-refractivity contribution in [3.8, 4) is 6.07 Å². The normalized spacial score (nSPS) is 11.3. The Kier molecular flexibility index (Phi) is 5.76. The van der Waals surface area contributed by atoms with E-state index in [1.54, 1.807) is 6.26 Å². The molecule has 0 aliphatic heterocycles. The van der Waals surface area contributed by atoms with E-state index in [0.717, 1.165) is 23.2 Å². The van der Waals surface area contributed by atoms with Crippen LogP contribution in [0.5, 0.6) is 0 Å². The highest BCUT2D eigenvalue weighted by molar-refractivity contribution is 5.81. The fourth-order valence-electron chi connectivity index (χ4n) is 2.10. The number of rotatable bonds is 6. The van der Waals surface area contributed by atoms with E-state index in [1.165, 1.54) is 0 Å². The van der Waals surface area contributed by atoms with Crippen LogP contribution >= 0.6 is 0 Å². The summed E-state index contributed by atoms with van der Waals surface area (Å²) in [6.45, 7) is 1.45. The molecule has 2 aromatic rings. The lowest BCUT2D eigenvalue weighted by Gasteiger charge is -2.12. The monoisotopic (exact) mass is 292 g/mol. The zero-order valence-electron chi connectivity index (χ0n) is 13.0. The minimum Gasteiger partial charge on any atom is -0.499 e. The highest BCUT2D eigenvalue weighted by Crippen LogP contribution is 2.26. The molecule has 3 nitrogen and oxygen atoms in total. The van der Waals surface area contributed by atoms with E-state index in [-0.39, 0.29) is 0 Å². The molecular weight excluding hydrogens is 272 g/mol. The minimum atomic E-state index is 0.609. The highest BCUT2D eigenvalue weighted by atomic mass is 16.5. The van der Waals surface area contributed by atoms with Crippen molar-refractivity contribution in [3.63, 3.8) is 0 Å². The van der Waals surface area contributed by atoms with E-state index in [1.807, 2.05) is 68.7 Å². The lowest BCUT2D eigenvalue weighted by molar-refractivity contribution is 0.213. The predicted octanol–water partition coefficient (Wildman–Crippen LogP) is 3.53. The number of nitriles is 1. The van der Waals surface area contributed by atoms with Crippen molar-refractivity contribution in [3.05, 3.63) is 77.5 Å². The molecule has 0 aliphatic rings. The van der Waals surface area contributed by atoms with E-state index in [9.17, 15) is 5.26 Å². The van der Waals surface area contributed by atoms with Crippen LogP contribution < -0.4 is 0 Å². The number of hydrogen-bond acceptors (Lipinski definition) is 3. The van der Waals surface area contributed by atoms with Crippen molar-refractivity contribution in [2.24, 2.45) is 0 Å². The van der Waals surface area contributed by atoms with Gasteiger partial charge in [0.05, 0.1) is 24.5 Å². The van der Waals surface area contributed by atoms with Gasteiger partial charge in [0.15, 0.2) is 0 Å². The summed E-state index contributed by atoms with van der Waals surface area (Å²) in [7, 11) is 4.02. The number of hydrogen-bond donors (Lipinski definition) is 0. The van der Waals surface area contributed by atoms with Gasteiger partial charge in [0.2, 0.25) is 0 Å². The summed E-state index contributed by atoms with van der Waals surface area (Å²) in [5.41, 5.74) is 3.50. The second kappa shape index (κ2) is 8.02. The fourth-order valence-corrected chi connectivity index (χ4v) is 2.10. The second-order valence-electron chi connectivity index (χ2n) is 5.23. The maximum absolute atomic E-state index is 9.33. The molecule has 3 heteroatoms. The van der Waals surface area contributed by atoms with Gasteiger partial charge in [-0.2, -0.15) is 5.26 Å². The van der Waals surface area contributed by atoms with Crippen LogP contribution in [0.4, 0.5) is 0 Å². The summed E-state index contributed by atoms with van der Waals surface area (Å²) in [5.74, 6) is 0. The summed E-state index contributed by atoms with van der Waals surface area (Å²) in [4.78, 5) is 2.07. The summed E-state index contributed by atoms with van der Waals surface area (Å²) >= 11 is 0. The Morgan fingerprint density at radius 2 is 1.77 bits per heavy atom. The van der Waals surface area contributed by atoms with Crippen molar-refractivity contribution >= 4 is 5.57 Å². The van der Waals surface area contributed by atoms with Crippen LogP contribution in [0.15, 0.2) is 60.9 Å². The summed E-state index contributed by atoms with van der Waals surface area (Å²) in [6, 6.07) is 19.8. The molecule has 2 rings (SSSR count). The molecule has 2 aromatic carbocycles. The van der Waals surface area contributed by atoms with Gasteiger partial charge in [-0.25, -0.2) is 0 Å². The first kappa shape index (κ1) is 15.8. The molecule has 0 bridgehead atoms. The number of benzene rings is 2. The molecule has 112 valence electrons. The van der Waals surface area contributed by atoms with E-state index < -0.39 is 0 Å². The fraction of sp³-hybridized carbons (Fsp3) is 0.211. The Bertz CT molecular complexity index is 669. The second-order valence-corrected chi connectivity index (χ2v) is 5.23. The van der Waals surface area contributed by atoms with Crippen molar-refractivity contribution < 1.29 is 4.74 Å². The first-order valence-corrected chi connectivity index (χ1v) is 7.24. The molecule has 0 amide bonds. The van der Waals surface area contributed by atoms with Crippen LogP contribution in [-0.2, 0) is 4.74 Å². The Morgan fingerprint density at radius 3 is 2.45 bits per heavy atom. The Balaban J connectivity index is 2.34. The molecule has 0 N–H and O–H groups in total. The molecule has 0 saturated heterocycles. The summed E-state index contributed by atoms with van der Waals surface area (Å²) in [5, 5.41) is 9.33. The molecule has 0 saturated carbocycles. The molecule has 0 radical (unpaired) electrons. The largest absolute Gasteiger partial charge is 0.499 e. The van der Waals surface area contributed by atoms with E-state index in [4.69, 9.17) is 4.74 Å². The molecule has 0 unspecified atom stereocenters. The van der Waals surface area contributed by atoms with Crippen molar-refractivity contribution in [2.45, 2.75) is 0 Å². The van der Waals surface area contributed by atoms with Gasteiger partial charge in [-0.15, -0.1) is 0 Å². The van der Waals surface area contributed by atoms with Crippen LogP contribution in [0.2, 0.25) is 0 Å². The molecule has 0 aromatic heterocycles. The molecule has 22 heavy (non-hydrogen) atoms. The minimum absolute atomic E-state index is 0.609. The third-order valence-electron chi connectivity index (χ3n) is 3.28. The SMILES string of the molecule is CN(C)CCO/C=C(\c1ccccc1)c1ccccc1C#N. The smallest absolute Gasteiger partial charge is 0.1000 e. The first-order valence-electron chi connectivity index (χ1n) is 7.24. The Hall–Kier alpha value is -2.57. The molecule has 0 aliphatic carbocycles. The number of likely N-dealkylation sites (N-methyl/N-ethyl adjacent to an activating group) is 1. The average Bonchev–Trinajstić information content (AvgIpc) is 2.55. The number of nitrogens with zero attached hydrogens (tertiary/aromatic N) is 2. The molecule has 0 atom stereocenters. The first-order chi connectivity index (χ1) is 10.7. The van der Waals surface area contributed by atoms with Crippen LogP contribution in [0.25, 0.3) is 5.57 Å². The quantitative estimate of drug-likeness (QED) is 0.603. The van der Waals surface area contributed by atoms with Crippen LogP contribution in [0.3, 0.4) is 0 Å². The van der Waals surface area contributed by atoms with E-state index >= 15 is 0 Å². The predicted molar refractivity (Wildman–Crippen MR) is 89.2 cm³/mol. The van der Waals surface area contributed by atoms with Crippen molar-refractivity contribution in [1.82, 2.24) is 4.90 Å². The summed E-state index contributed by atoms with van der Waals surface area (Å²) < 4.78 is 5.70. The maximum Gasteiger partial charge on any atom is 0.1000 e. The Morgan fingerprint density at radius 1 is 1.09 bits per heavy atom. The van der Waals surface area contributed by atoms with Gasteiger partial charge in [-0.1, -0.05) is 48.5 Å². The third kappa shape index (κ3) is 4.21. The molecule has 0 fully saturated rings. The standard InChI is InChI=1S/C19H20N2O/c1-21(2)12-13-22-15-19(16-8-4-3-5-9-16)18-11-7-6-10-17(18)14-20/h3-11,15H,12-13H2,1-2H3/b19-15+. The number of ether oxygens (including phenoxy) is 1. The zero-order chi connectivity index (χ0) is 15.8. The third-order valence-corrected chi connectivity index (χ3v) is 3.28. The van der Waals surface area contributed by atoms with Crippen LogP contribution in [0.1, 0.15) is 16.7 Å².